The molecule has 24 heavy (non-hydrogen) atoms. The molecule has 1 N–H and O–H groups in total. The minimum atomic E-state index is -0.145. The zero-order chi connectivity index (χ0) is 17.1. The maximum atomic E-state index is 12.4. The molecule has 3 rings (SSSR count). The summed E-state index contributed by atoms with van der Waals surface area (Å²) in [5.74, 6) is 1.29. The normalized spacial score (nSPS) is 24.2. The monoisotopic (exact) mass is 331 g/mol. The topological polar surface area (TPSA) is 61.9 Å². The maximum absolute atomic E-state index is 12.4. The number of ether oxygens (including phenoxy) is 1. The van der Waals surface area contributed by atoms with Crippen LogP contribution in [0.15, 0.2) is 24.3 Å². The summed E-state index contributed by atoms with van der Waals surface area (Å²) in [5, 5.41) is 3.02. The first kappa shape index (κ1) is 16.6. The van der Waals surface area contributed by atoms with E-state index in [2.05, 4.69) is 12.2 Å². The molecular weight excluding hydrogens is 306 g/mol. The van der Waals surface area contributed by atoms with Crippen molar-refractivity contribution < 1.29 is 14.3 Å². The van der Waals surface area contributed by atoms with Gasteiger partial charge in [0.25, 0.3) is 0 Å². The fraction of sp³-hybridized carbons (Fsp3) is 0.556. The minimum Gasteiger partial charge on any atom is -0.497 e. The highest BCUT2D eigenvalue weighted by Crippen LogP contribution is 2.25. The van der Waals surface area contributed by atoms with Gasteiger partial charge in [0.2, 0.25) is 5.91 Å². The number of amides is 3. The van der Waals surface area contributed by atoms with Crippen LogP contribution in [0, 0.1) is 5.92 Å². The third-order valence-corrected chi connectivity index (χ3v) is 4.76. The average molecular weight is 331 g/mol. The van der Waals surface area contributed by atoms with E-state index >= 15 is 0 Å². The van der Waals surface area contributed by atoms with Crippen molar-refractivity contribution in [2.24, 2.45) is 5.92 Å². The van der Waals surface area contributed by atoms with Gasteiger partial charge in [-0.15, -0.1) is 0 Å². The Balaban J connectivity index is 1.61. The Labute approximate surface area is 142 Å². The third-order valence-electron chi connectivity index (χ3n) is 4.76. The Morgan fingerprint density at radius 3 is 2.92 bits per heavy atom. The highest BCUT2D eigenvalue weighted by Gasteiger charge is 2.33. The van der Waals surface area contributed by atoms with Crippen LogP contribution in [0.4, 0.5) is 10.5 Å². The molecule has 0 bridgehead atoms. The molecule has 6 nitrogen and oxygen atoms in total. The third kappa shape index (κ3) is 3.63. The lowest BCUT2D eigenvalue weighted by molar-refractivity contribution is -0.117. The second-order valence-corrected chi connectivity index (χ2v) is 6.75. The van der Waals surface area contributed by atoms with Crippen LogP contribution in [-0.2, 0) is 4.79 Å². The number of piperidine rings is 1. The molecule has 3 amide bonds. The van der Waals surface area contributed by atoms with E-state index in [0.29, 0.717) is 18.9 Å². The van der Waals surface area contributed by atoms with E-state index in [-0.39, 0.29) is 18.0 Å². The first-order valence-corrected chi connectivity index (χ1v) is 8.56. The van der Waals surface area contributed by atoms with Crippen molar-refractivity contribution in [3.05, 3.63) is 24.3 Å². The largest absolute Gasteiger partial charge is 0.497 e. The molecule has 2 atom stereocenters. The molecule has 1 aromatic carbocycles. The number of benzene rings is 1. The van der Waals surface area contributed by atoms with Crippen LogP contribution < -0.4 is 15.0 Å². The number of nitrogens with zero attached hydrogens (tertiary/aromatic N) is 2. The van der Waals surface area contributed by atoms with E-state index in [1.807, 2.05) is 29.2 Å². The van der Waals surface area contributed by atoms with Crippen molar-refractivity contribution in [2.75, 3.05) is 31.6 Å². The molecule has 1 aromatic rings. The molecule has 0 aromatic heterocycles. The van der Waals surface area contributed by atoms with Crippen molar-refractivity contribution in [1.29, 1.82) is 0 Å². The van der Waals surface area contributed by atoms with Gasteiger partial charge in [0, 0.05) is 37.8 Å². The van der Waals surface area contributed by atoms with Crippen LogP contribution in [0.25, 0.3) is 0 Å². The zero-order valence-corrected chi connectivity index (χ0v) is 14.3. The highest BCUT2D eigenvalue weighted by molar-refractivity contribution is 5.97. The van der Waals surface area contributed by atoms with Gasteiger partial charge in [0.1, 0.15) is 5.75 Å². The van der Waals surface area contributed by atoms with E-state index in [9.17, 15) is 9.59 Å². The van der Waals surface area contributed by atoms with E-state index in [4.69, 9.17) is 4.74 Å². The summed E-state index contributed by atoms with van der Waals surface area (Å²) in [6.45, 7) is 4.27. The molecule has 130 valence electrons. The van der Waals surface area contributed by atoms with Crippen molar-refractivity contribution >= 4 is 17.6 Å². The first-order chi connectivity index (χ1) is 11.6. The van der Waals surface area contributed by atoms with Crippen LogP contribution in [0.3, 0.4) is 0 Å². The van der Waals surface area contributed by atoms with Gasteiger partial charge in [-0.2, -0.15) is 0 Å². The fourth-order valence-electron chi connectivity index (χ4n) is 3.47. The standard InChI is InChI=1S/C18H25N3O3/c1-13-5-4-8-20(11-13)18(23)19-14-9-17(22)21(12-14)15-6-3-7-16(10-15)24-2/h3,6-7,10,13-14H,4-5,8-9,11-12H2,1-2H3,(H,19,23)/t13-,14+/m0/s1. The van der Waals surface area contributed by atoms with Gasteiger partial charge in [0.05, 0.1) is 13.2 Å². The second kappa shape index (κ2) is 7.11. The molecule has 0 aliphatic carbocycles. The van der Waals surface area contributed by atoms with Gasteiger partial charge in [-0.1, -0.05) is 13.0 Å². The zero-order valence-electron chi connectivity index (χ0n) is 14.3. The number of methoxy groups -OCH3 is 1. The number of nitrogens with one attached hydrogen (secondary N) is 1. The summed E-state index contributed by atoms with van der Waals surface area (Å²) in [5.41, 5.74) is 0.808. The van der Waals surface area contributed by atoms with Crippen molar-refractivity contribution in [1.82, 2.24) is 10.2 Å². The van der Waals surface area contributed by atoms with E-state index in [1.165, 1.54) is 6.42 Å². The summed E-state index contributed by atoms with van der Waals surface area (Å²) in [7, 11) is 1.60. The van der Waals surface area contributed by atoms with Gasteiger partial charge in [-0.3, -0.25) is 4.79 Å². The quantitative estimate of drug-likeness (QED) is 0.924. The van der Waals surface area contributed by atoms with Crippen molar-refractivity contribution in [2.45, 2.75) is 32.2 Å². The van der Waals surface area contributed by atoms with Gasteiger partial charge in [-0.05, 0) is 30.9 Å². The van der Waals surface area contributed by atoms with Gasteiger partial charge in [-0.25, -0.2) is 4.79 Å². The first-order valence-electron chi connectivity index (χ1n) is 8.56. The maximum Gasteiger partial charge on any atom is 0.317 e. The number of urea groups is 1. The van der Waals surface area contributed by atoms with E-state index < -0.39 is 0 Å². The Morgan fingerprint density at radius 1 is 1.33 bits per heavy atom. The molecule has 6 heteroatoms. The Hall–Kier alpha value is -2.24. The van der Waals surface area contributed by atoms with Crippen LogP contribution in [0.1, 0.15) is 26.2 Å². The SMILES string of the molecule is COc1cccc(N2C[C@H](NC(=O)N3CCC[C@H](C)C3)CC2=O)c1. The Bertz CT molecular complexity index is 619. The molecule has 2 saturated heterocycles. The molecular formula is C18H25N3O3. The molecule has 0 saturated carbocycles. The number of anilines is 1. The second-order valence-electron chi connectivity index (χ2n) is 6.75. The highest BCUT2D eigenvalue weighted by atomic mass is 16.5. The Morgan fingerprint density at radius 2 is 2.17 bits per heavy atom. The lowest BCUT2D eigenvalue weighted by Gasteiger charge is -2.31. The number of likely N-dealkylation sites (tertiary alicyclic amines) is 1. The summed E-state index contributed by atoms with van der Waals surface area (Å²) < 4.78 is 5.22. The summed E-state index contributed by atoms with van der Waals surface area (Å²) in [6.07, 6.45) is 2.57. The molecule has 0 radical (unpaired) electrons. The van der Waals surface area contributed by atoms with Crippen LogP contribution in [0.2, 0.25) is 0 Å². The molecule has 2 fully saturated rings. The lowest BCUT2D eigenvalue weighted by atomic mass is 10.0. The van der Waals surface area contributed by atoms with Crippen LogP contribution in [-0.4, -0.2) is 49.6 Å². The molecule has 0 unspecified atom stereocenters. The number of carbonyl (C=O) groups is 2. The molecule has 2 aliphatic rings. The molecule has 2 aliphatic heterocycles. The average Bonchev–Trinajstić information content (AvgIpc) is 2.95. The van der Waals surface area contributed by atoms with Crippen LogP contribution in [0.5, 0.6) is 5.75 Å². The van der Waals surface area contributed by atoms with Crippen molar-refractivity contribution in [3.63, 3.8) is 0 Å². The summed E-state index contributed by atoms with van der Waals surface area (Å²) in [6, 6.07) is 7.24. The van der Waals surface area contributed by atoms with Gasteiger partial charge < -0.3 is 19.9 Å². The Kier molecular flexibility index (Phi) is 4.92. The lowest BCUT2D eigenvalue weighted by Crippen LogP contribution is -2.49. The number of rotatable bonds is 3. The van der Waals surface area contributed by atoms with Gasteiger partial charge >= 0.3 is 6.03 Å². The van der Waals surface area contributed by atoms with Crippen LogP contribution >= 0.6 is 0 Å². The molecule has 0 spiro atoms. The number of hydrogen-bond acceptors (Lipinski definition) is 3. The molecule has 2 heterocycles. The van der Waals surface area contributed by atoms with E-state index in [0.717, 1.165) is 30.9 Å². The summed E-state index contributed by atoms with van der Waals surface area (Å²) in [4.78, 5) is 28.3. The smallest absolute Gasteiger partial charge is 0.317 e. The fourth-order valence-corrected chi connectivity index (χ4v) is 3.47. The minimum absolute atomic E-state index is 0.0283. The number of hydrogen-bond donors (Lipinski definition) is 1. The predicted molar refractivity (Wildman–Crippen MR) is 92.3 cm³/mol. The predicted octanol–water partition coefficient (Wildman–Crippen LogP) is 2.24. The van der Waals surface area contributed by atoms with E-state index in [1.54, 1.807) is 12.0 Å². The summed E-state index contributed by atoms with van der Waals surface area (Å²) >= 11 is 0. The van der Waals surface area contributed by atoms with Crippen molar-refractivity contribution in [3.8, 4) is 5.75 Å². The number of carbonyl (C=O) groups excluding carboxylic acids is 2. The van der Waals surface area contributed by atoms with Gasteiger partial charge in [0.15, 0.2) is 0 Å².